The lowest BCUT2D eigenvalue weighted by Crippen LogP contribution is -2.45. The first-order valence-corrected chi connectivity index (χ1v) is 11.2. The number of hydrogen-bond acceptors (Lipinski definition) is 11. The van der Waals surface area contributed by atoms with Gasteiger partial charge in [-0.1, -0.05) is 6.92 Å². The largest absolute Gasteiger partial charge is 0.465 e. The molecule has 5 N–H and O–H groups in total. The molecule has 14 heteroatoms. The van der Waals surface area contributed by atoms with E-state index < -0.39 is 50.7 Å². The minimum atomic E-state index is -3.01. The molecule has 1 aliphatic heterocycles. The Morgan fingerprint density at radius 2 is 2.28 bits per heavy atom. The van der Waals surface area contributed by atoms with E-state index in [4.69, 9.17) is 19.7 Å². The topological polar surface area (TPSA) is 194 Å². The number of fused-ring (bicyclic) bond motifs is 1. The maximum atomic E-state index is 12.3. The van der Waals surface area contributed by atoms with Crippen molar-refractivity contribution in [3.8, 4) is 6.07 Å². The molecule has 3 heterocycles. The van der Waals surface area contributed by atoms with Crippen molar-refractivity contribution in [3.05, 3.63) is 24.2 Å². The van der Waals surface area contributed by atoms with Crippen molar-refractivity contribution in [3.63, 3.8) is 0 Å². The van der Waals surface area contributed by atoms with Gasteiger partial charge in [0.1, 0.15) is 48.9 Å². The second-order valence-corrected chi connectivity index (χ2v) is 8.44. The molecule has 1 unspecified atom stereocenters. The van der Waals surface area contributed by atoms with Crippen LogP contribution in [-0.2, 0) is 23.4 Å². The Balaban J connectivity index is 1.70. The second kappa shape index (κ2) is 9.91. The fourth-order valence-corrected chi connectivity index (χ4v) is 4.15. The van der Waals surface area contributed by atoms with Crippen LogP contribution in [0.15, 0.2) is 18.5 Å². The normalized spacial score (nSPS) is 27.2. The van der Waals surface area contributed by atoms with Crippen molar-refractivity contribution in [2.24, 2.45) is 0 Å². The van der Waals surface area contributed by atoms with Gasteiger partial charge in [0.15, 0.2) is 5.82 Å². The first kappa shape index (κ1) is 24.1. The van der Waals surface area contributed by atoms with Crippen molar-refractivity contribution >= 4 is 25.5 Å². The third-order valence-electron chi connectivity index (χ3n) is 4.99. The smallest absolute Gasteiger partial charge is 0.323 e. The monoisotopic (exact) mass is 468 g/mol. The average molecular weight is 468 g/mol. The van der Waals surface area contributed by atoms with Gasteiger partial charge in [0.05, 0.1) is 12.3 Å². The zero-order chi connectivity index (χ0) is 23.5. The third kappa shape index (κ3) is 4.61. The molecule has 2 aromatic rings. The van der Waals surface area contributed by atoms with Crippen LogP contribution in [0.2, 0.25) is 0 Å². The zero-order valence-corrected chi connectivity index (χ0v) is 18.5. The molecule has 0 amide bonds. The number of carbonyl (C=O) groups is 1. The standard InChI is InChI=1S/C18H25N6O7P/c1-3-6-29-17(27)10(2)23-32(28)30-8-18(7-19)15(26)13(25)14(31-18)11-4-5-12-16(20)21-9-22-24(11)12/h4-5,9-10,13-15,25-26,32H,3,6,8H2,1-2H3,(H,23,28)(H2,20,21,22)/t10-,13-,14-,15-,18+/m0/s1. The van der Waals surface area contributed by atoms with Gasteiger partial charge < -0.3 is 29.9 Å². The maximum absolute atomic E-state index is 12.3. The molecule has 0 aliphatic carbocycles. The number of nitrogens with zero attached hydrogens (tertiary/aromatic N) is 4. The highest BCUT2D eigenvalue weighted by Gasteiger charge is 2.56. The third-order valence-corrected chi connectivity index (χ3v) is 6.07. The lowest BCUT2D eigenvalue weighted by molar-refractivity contribution is -0.145. The Morgan fingerprint density at radius 3 is 2.97 bits per heavy atom. The number of rotatable bonds is 9. The quantitative estimate of drug-likeness (QED) is 0.278. The van der Waals surface area contributed by atoms with E-state index in [1.165, 1.54) is 17.8 Å². The van der Waals surface area contributed by atoms with Crippen LogP contribution in [0, 0.1) is 11.3 Å². The fraction of sp³-hybridized carbons (Fsp3) is 0.556. The molecule has 1 fully saturated rings. The number of anilines is 1. The molecule has 1 saturated heterocycles. The summed E-state index contributed by atoms with van der Waals surface area (Å²) in [4.78, 5) is 15.7. The van der Waals surface area contributed by atoms with Gasteiger partial charge in [-0.3, -0.25) is 9.36 Å². The van der Waals surface area contributed by atoms with E-state index in [1.54, 1.807) is 18.2 Å². The number of nitrogen functional groups attached to an aromatic ring is 1. The Hall–Kier alpha value is -2.59. The van der Waals surface area contributed by atoms with Crippen molar-refractivity contribution in [1.82, 2.24) is 19.7 Å². The summed E-state index contributed by atoms with van der Waals surface area (Å²) >= 11 is 0. The van der Waals surface area contributed by atoms with Crippen LogP contribution >= 0.6 is 8.18 Å². The Bertz CT molecular complexity index is 1040. The van der Waals surface area contributed by atoms with E-state index in [1.807, 2.05) is 6.92 Å². The summed E-state index contributed by atoms with van der Waals surface area (Å²) in [7, 11) is -3.01. The number of ether oxygens (including phenoxy) is 2. The van der Waals surface area contributed by atoms with E-state index in [9.17, 15) is 24.8 Å². The summed E-state index contributed by atoms with van der Waals surface area (Å²) in [5, 5.41) is 37.3. The number of aliphatic hydroxyl groups is 2. The van der Waals surface area contributed by atoms with E-state index in [0.717, 1.165) is 0 Å². The van der Waals surface area contributed by atoms with Gasteiger partial charge in [-0.15, -0.1) is 0 Å². The van der Waals surface area contributed by atoms with Crippen LogP contribution in [0.5, 0.6) is 0 Å². The zero-order valence-electron chi connectivity index (χ0n) is 17.5. The lowest BCUT2D eigenvalue weighted by Gasteiger charge is -2.24. The molecule has 0 bridgehead atoms. The summed E-state index contributed by atoms with van der Waals surface area (Å²) < 4.78 is 29.5. The number of nitrogens with two attached hydrogens (primary N) is 1. The molecule has 0 saturated carbocycles. The van der Waals surface area contributed by atoms with E-state index in [0.29, 0.717) is 17.6 Å². The highest BCUT2D eigenvalue weighted by Crippen LogP contribution is 2.41. The minimum absolute atomic E-state index is 0.199. The fourth-order valence-electron chi connectivity index (χ4n) is 3.25. The number of aliphatic hydroxyl groups excluding tert-OH is 2. The number of carbonyl (C=O) groups excluding carboxylic acids is 1. The van der Waals surface area contributed by atoms with Crippen molar-refractivity contribution in [2.75, 3.05) is 18.9 Å². The summed E-state index contributed by atoms with van der Waals surface area (Å²) in [6, 6.07) is 4.08. The second-order valence-electron chi connectivity index (χ2n) is 7.29. The molecule has 32 heavy (non-hydrogen) atoms. The van der Waals surface area contributed by atoms with Crippen LogP contribution in [0.1, 0.15) is 32.1 Å². The van der Waals surface area contributed by atoms with Gasteiger partial charge in [0.2, 0.25) is 5.60 Å². The van der Waals surface area contributed by atoms with Gasteiger partial charge in [-0.25, -0.2) is 14.6 Å². The van der Waals surface area contributed by atoms with Crippen LogP contribution in [0.3, 0.4) is 0 Å². The molecular weight excluding hydrogens is 443 g/mol. The molecule has 174 valence electrons. The summed E-state index contributed by atoms with van der Waals surface area (Å²) in [6.07, 6.45) is -2.48. The predicted molar refractivity (Wildman–Crippen MR) is 110 cm³/mol. The van der Waals surface area contributed by atoms with Crippen LogP contribution in [-0.4, -0.2) is 67.8 Å². The Morgan fingerprint density at radius 1 is 1.53 bits per heavy atom. The van der Waals surface area contributed by atoms with Crippen molar-refractivity contribution in [2.45, 2.75) is 50.2 Å². The lowest BCUT2D eigenvalue weighted by atomic mass is 9.96. The molecular formula is C18H25N6O7P. The Labute approximate surface area is 184 Å². The summed E-state index contributed by atoms with van der Waals surface area (Å²) in [6.45, 7) is 2.90. The van der Waals surface area contributed by atoms with Gasteiger partial charge in [0, 0.05) is 0 Å². The molecule has 0 radical (unpaired) electrons. The van der Waals surface area contributed by atoms with Gasteiger partial charge in [0.25, 0.3) is 8.18 Å². The number of nitrogens with one attached hydrogen (secondary N) is 1. The SMILES string of the molecule is CCCOC(=O)[C@H](C)N[PH](=O)OC[C@@]1(C#N)O[C@@H](c2ccc3c(N)ncnn23)[C@H](O)[C@@H]1O. The van der Waals surface area contributed by atoms with Gasteiger partial charge in [-0.2, -0.15) is 10.4 Å². The van der Waals surface area contributed by atoms with Crippen molar-refractivity contribution < 1.29 is 33.6 Å². The first-order chi connectivity index (χ1) is 15.2. The van der Waals surface area contributed by atoms with Crippen LogP contribution in [0.4, 0.5) is 5.82 Å². The molecule has 6 atom stereocenters. The molecule has 2 aromatic heterocycles. The van der Waals surface area contributed by atoms with E-state index >= 15 is 0 Å². The number of hydrogen-bond donors (Lipinski definition) is 4. The predicted octanol–water partition coefficient (Wildman–Crippen LogP) is -0.295. The maximum Gasteiger partial charge on any atom is 0.323 e. The molecule has 3 rings (SSSR count). The number of nitriles is 1. The minimum Gasteiger partial charge on any atom is -0.465 e. The van der Waals surface area contributed by atoms with Gasteiger partial charge >= 0.3 is 5.97 Å². The molecule has 0 aromatic carbocycles. The summed E-state index contributed by atoms with van der Waals surface area (Å²) in [5.41, 5.74) is 4.58. The van der Waals surface area contributed by atoms with E-state index in [2.05, 4.69) is 15.2 Å². The molecule has 0 spiro atoms. The highest BCUT2D eigenvalue weighted by atomic mass is 31.1. The molecule has 13 nitrogen and oxygen atoms in total. The van der Waals surface area contributed by atoms with Crippen LogP contribution < -0.4 is 10.8 Å². The highest BCUT2D eigenvalue weighted by molar-refractivity contribution is 7.36. The first-order valence-electron chi connectivity index (χ1n) is 9.87. The van der Waals surface area contributed by atoms with Crippen LogP contribution in [0.25, 0.3) is 5.52 Å². The summed E-state index contributed by atoms with van der Waals surface area (Å²) in [5.74, 6) is -0.400. The van der Waals surface area contributed by atoms with E-state index in [-0.39, 0.29) is 12.4 Å². The molecule has 1 aliphatic rings. The van der Waals surface area contributed by atoms with Gasteiger partial charge in [-0.05, 0) is 25.5 Å². The number of esters is 1. The van der Waals surface area contributed by atoms with Crippen molar-refractivity contribution in [1.29, 1.82) is 5.26 Å². The average Bonchev–Trinajstić information content (AvgIpc) is 3.31. The number of aromatic nitrogens is 3. The Kier molecular flexibility index (Phi) is 7.45.